The van der Waals surface area contributed by atoms with Crippen molar-refractivity contribution in [2.24, 2.45) is 5.92 Å². The Hall–Kier alpha value is -1.73. The van der Waals surface area contributed by atoms with E-state index in [9.17, 15) is 5.11 Å². The summed E-state index contributed by atoms with van der Waals surface area (Å²) in [5.41, 5.74) is 3.24. The van der Waals surface area contributed by atoms with E-state index in [0.717, 1.165) is 82.2 Å². The number of aliphatic hydroxyl groups excluding tert-OH is 1. The Bertz CT molecular complexity index is 755. The predicted molar refractivity (Wildman–Crippen MR) is 113 cm³/mol. The minimum absolute atomic E-state index is 0.272. The number of aliphatic hydroxyl groups is 1. The number of piperidine rings is 1. The van der Waals surface area contributed by atoms with Crippen molar-refractivity contribution in [1.29, 1.82) is 0 Å². The van der Waals surface area contributed by atoms with E-state index in [1.807, 2.05) is 0 Å². The Labute approximate surface area is 173 Å². The summed E-state index contributed by atoms with van der Waals surface area (Å²) in [4.78, 5) is 5.09. The van der Waals surface area contributed by atoms with Crippen LogP contribution < -0.4 is 0 Å². The molecule has 0 bridgehead atoms. The normalized spacial score (nSPS) is 24.1. The van der Waals surface area contributed by atoms with Gasteiger partial charge in [0.2, 0.25) is 0 Å². The van der Waals surface area contributed by atoms with Crippen molar-refractivity contribution in [1.82, 2.24) is 15.0 Å². The predicted octanol–water partition coefficient (Wildman–Crippen LogP) is 2.95. The van der Waals surface area contributed by atoms with Crippen LogP contribution in [0.25, 0.3) is 11.3 Å². The molecule has 2 aromatic rings. The van der Waals surface area contributed by atoms with Crippen molar-refractivity contribution < 1.29 is 14.4 Å². The van der Waals surface area contributed by atoms with Crippen LogP contribution in [0.15, 0.2) is 34.9 Å². The smallest absolute Gasteiger partial charge is 0.151 e. The van der Waals surface area contributed by atoms with Crippen LogP contribution in [-0.2, 0) is 11.3 Å². The third-order valence-corrected chi connectivity index (χ3v) is 6.31. The molecule has 2 saturated heterocycles. The van der Waals surface area contributed by atoms with E-state index in [1.165, 1.54) is 5.56 Å². The lowest BCUT2D eigenvalue weighted by Gasteiger charge is -2.45. The van der Waals surface area contributed by atoms with Gasteiger partial charge in [-0.15, -0.1) is 0 Å². The SMILES string of the molecule is Cc1ccc(-c2cc(CN3CC[C@H](N4CCOCC4)[C@H](CCCO)C3)on2)cc1. The molecule has 29 heavy (non-hydrogen) atoms. The van der Waals surface area contributed by atoms with Gasteiger partial charge in [-0.2, -0.15) is 0 Å². The summed E-state index contributed by atoms with van der Waals surface area (Å²) >= 11 is 0. The zero-order valence-corrected chi connectivity index (χ0v) is 17.4. The molecule has 158 valence electrons. The summed E-state index contributed by atoms with van der Waals surface area (Å²) in [6.45, 7) is 9.01. The van der Waals surface area contributed by atoms with Gasteiger partial charge in [0.05, 0.1) is 19.8 Å². The molecule has 0 unspecified atom stereocenters. The molecule has 6 heteroatoms. The van der Waals surface area contributed by atoms with Gasteiger partial charge in [-0.05, 0) is 32.1 Å². The number of rotatable bonds is 7. The fourth-order valence-corrected chi connectivity index (χ4v) is 4.73. The second kappa shape index (κ2) is 9.85. The molecule has 0 radical (unpaired) electrons. The maximum atomic E-state index is 9.35. The summed E-state index contributed by atoms with van der Waals surface area (Å²) < 4.78 is 11.2. The average molecular weight is 400 g/mol. The largest absolute Gasteiger partial charge is 0.396 e. The van der Waals surface area contributed by atoms with Crippen molar-refractivity contribution in [3.05, 3.63) is 41.7 Å². The number of nitrogens with zero attached hydrogens (tertiary/aromatic N) is 3. The Kier molecular flexibility index (Phi) is 6.98. The van der Waals surface area contributed by atoms with Crippen LogP contribution in [0.1, 0.15) is 30.6 Å². The van der Waals surface area contributed by atoms with E-state index >= 15 is 0 Å². The van der Waals surface area contributed by atoms with Gasteiger partial charge in [0.25, 0.3) is 0 Å². The molecule has 3 heterocycles. The highest BCUT2D eigenvalue weighted by Crippen LogP contribution is 2.28. The number of aromatic nitrogens is 1. The van der Waals surface area contributed by atoms with E-state index in [4.69, 9.17) is 9.26 Å². The minimum Gasteiger partial charge on any atom is -0.396 e. The van der Waals surface area contributed by atoms with Crippen LogP contribution in [0.3, 0.4) is 0 Å². The standard InChI is InChI=1S/C23H33N3O3/c1-18-4-6-19(7-5-18)22-15-21(29-24-22)17-25-9-8-23(20(16-25)3-2-12-27)26-10-13-28-14-11-26/h4-7,15,20,23,27H,2-3,8-14,16-17H2,1H3/t20-,23+/m1/s1. The van der Waals surface area contributed by atoms with Crippen LogP contribution in [0.4, 0.5) is 0 Å². The van der Waals surface area contributed by atoms with E-state index < -0.39 is 0 Å². The number of ether oxygens (including phenoxy) is 1. The molecule has 1 N–H and O–H groups in total. The molecule has 6 nitrogen and oxygen atoms in total. The monoisotopic (exact) mass is 399 g/mol. The van der Waals surface area contributed by atoms with Gasteiger partial charge in [0.1, 0.15) is 5.69 Å². The van der Waals surface area contributed by atoms with Gasteiger partial charge >= 0.3 is 0 Å². The van der Waals surface area contributed by atoms with Crippen molar-refractivity contribution in [3.8, 4) is 11.3 Å². The Morgan fingerprint density at radius 3 is 2.69 bits per heavy atom. The molecule has 0 aliphatic carbocycles. The lowest BCUT2D eigenvalue weighted by Crippen LogP contribution is -2.53. The molecular formula is C23H33N3O3. The molecule has 1 aromatic carbocycles. The molecule has 2 fully saturated rings. The zero-order valence-electron chi connectivity index (χ0n) is 17.4. The fourth-order valence-electron chi connectivity index (χ4n) is 4.73. The van der Waals surface area contributed by atoms with Gasteiger partial charge in [0.15, 0.2) is 5.76 Å². The number of hydrogen-bond donors (Lipinski definition) is 1. The number of aryl methyl sites for hydroxylation is 1. The molecule has 2 aliphatic heterocycles. The van der Waals surface area contributed by atoms with Gasteiger partial charge in [0, 0.05) is 50.5 Å². The van der Waals surface area contributed by atoms with E-state index in [2.05, 4.69) is 52.2 Å². The van der Waals surface area contributed by atoms with Gasteiger partial charge in [-0.25, -0.2) is 0 Å². The highest BCUT2D eigenvalue weighted by atomic mass is 16.5. The first-order valence-electron chi connectivity index (χ1n) is 10.9. The Morgan fingerprint density at radius 2 is 1.93 bits per heavy atom. The zero-order chi connectivity index (χ0) is 20.1. The number of benzene rings is 1. The quantitative estimate of drug-likeness (QED) is 0.772. The second-order valence-electron chi connectivity index (χ2n) is 8.41. The lowest BCUT2D eigenvalue weighted by molar-refractivity contribution is -0.0240. The van der Waals surface area contributed by atoms with Crippen LogP contribution in [-0.4, -0.2) is 72.1 Å². The third kappa shape index (κ3) is 5.25. The first-order valence-corrected chi connectivity index (χ1v) is 10.9. The average Bonchev–Trinajstić information content (AvgIpc) is 3.22. The van der Waals surface area contributed by atoms with E-state index in [1.54, 1.807) is 0 Å². The van der Waals surface area contributed by atoms with Crippen LogP contribution in [0.2, 0.25) is 0 Å². The lowest BCUT2D eigenvalue weighted by atomic mass is 9.86. The summed E-state index contributed by atoms with van der Waals surface area (Å²) in [7, 11) is 0. The van der Waals surface area contributed by atoms with Crippen molar-refractivity contribution in [3.63, 3.8) is 0 Å². The number of hydrogen-bond acceptors (Lipinski definition) is 6. The van der Waals surface area contributed by atoms with Gasteiger partial charge in [-0.3, -0.25) is 9.80 Å². The van der Waals surface area contributed by atoms with Crippen molar-refractivity contribution in [2.45, 2.75) is 38.8 Å². The van der Waals surface area contributed by atoms with E-state index in [-0.39, 0.29) is 6.61 Å². The summed E-state index contributed by atoms with van der Waals surface area (Å²) in [6, 6.07) is 11.1. The number of morpholine rings is 1. The highest BCUT2D eigenvalue weighted by Gasteiger charge is 2.33. The molecule has 4 rings (SSSR count). The Morgan fingerprint density at radius 1 is 1.14 bits per heavy atom. The fraction of sp³-hybridized carbons (Fsp3) is 0.609. The van der Waals surface area contributed by atoms with Crippen molar-refractivity contribution in [2.75, 3.05) is 46.0 Å². The number of likely N-dealkylation sites (tertiary alicyclic amines) is 1. The molecule has 0 spiro atoms. The second-order valence-corrected chi connectivity index (χ2v) is 8.41. The first kappa shape index (κ1) is 20.5. The topological polar surface area (TPSA) is 62.0 Å². The maximum Gasteiger partial charge on any atom is 0.151 e. The highest BCUT2D eigenvalue weighted by molar-refractivity contribution is 5.59. The van der Waals surface area contributed by atoms with Gasteiger partial charge in [-0.1, -0.05) is 35.0 Å². The van der Waals surface area contributed by atoms with Crippen LogP contribution in [0, 0.1) is 12.8 Å². The van der Waals surface area contributed by atoms with Crippen LogP contribution in [0.5, 0.6) is 0 Å². The molecule has 2 atom stereocenters. The molecule has 1 aromatic heterocycles. The third-order valence-electron chi connectivity index (χ3n) is 6.31. The van der Waals surface area contributed by atoms with Gasteiger partial charge < -0.3 is 14.4 Å². The summed E-state index contributed by atoms with van der Waals surface area (Å²) in [5, 5.41) is 13.6. The van der Waals surface area contributed by atoms with Crippen LogP contribution >= 0.6 is 0 Å². The Balaban J connectivity index is 1.38. The molecule has 2 aliphatic rings. The minimum atomic E-state index is 0.272. The molecular weight excluding hydrogens is 366 g/mol. The molecule has 0 amide bonds. The maximum absolute atomic E-state index is 9.35. The summed E-state index contributed by atoms with van der Waals surface area (Å²) in [6.07, 6.45) is 3.11. The van der Waals surface area contributed by atoms with Crippen molar-refractivity contribution >= 4 is 0 Å². The van der Waals surface area contributed by atoms with E-state index in [0.29, 0.717) is 12.0 Å². The molecule has 0 saturated carbocycles. The first-order chi connectivity index (χ1) is 14.2. The summed E-state index contributed by atoms with van der Waals surface area (Å²) in [5.74, 6) is 1.50.